The van der Waals surface area contributed by atoms with E-state index in [-0.39, 0.29) is 18.2 Å². The Morgan fingerprint density at radius 2 is 1.87 bits per heavy atom. The molecule has 0 radical (unpaired) electrons. The standard InChI is InChI=1S/C8H16F3NO2S/c1-7(3-4-15(2,13)14)5-12-6-8(9,10)11/h7,12H,3-6H2,1-2H3. The minimum atomic E-state index is -4.21. The molecule has 3 nitrogen and oxygen atoms in total. The molecule has 0 amide bonds. The van der Waals surface area contributed by atoms with Crippen LogP contribution in [0.2, 0.25) is 0 Å². The molecule has 0 aliphatic heterocycles. The van der Waals surface area contributed by atoms with Crippen molar-refractivity contribution in [1.82, 2.24) is 5.32 Å². The highest BCUT2D eigenvalue weighted by atomic mass is 32.2. The first kappa shape index (κ1) is 14.7. The first-order chi connectivity index (χ1) is 6.60. The summed E-state index contributed by atoms with van der Waals surface area (Å²) >= 11 is 0. The maximum atomic E-state index is 11.7. The predicted octanol–water partition coefficient (Wildman–Crippen LogP) is 1.21. The van der Waals surface area contributed by atoms with Crippen molar-refractivity contribution in [1.29, 1.82) is 0 Å². The van der Waals surface area contributed by atoms with E-state index in [1.807, 2.05) is 0 Å². The second kappa shape index (κ2) is 5.69. The number of hydrogen-bond donors (Lipinski definition) is 1. The molecule has 1 unspecified atom stereocenters. The van der Waals surface area contributed by atoms with E-state index in [2.05, 4.69) is 5.32 Å². The molecule has 92 valence electrons. The Morgan fingerprint density at radius 3 is 2.27 bits per heavy atom. The molecule has 0 fully saturated rings. The molecular formula is C8H16F3NO2S. The van der Waals surface area contributed by atoms with Crippen molar-refractivity contribution >= 4 is 9.84 Å². The summed E-state index contributed by atoms with van der Waals surface area (Å²) in [5.74, 6) is -0.0657. The molecule has 0 rings (SSSR count). The van der Waals surface area contributed by atoms with E-state index in [1.54, 1.807) is 6.92 Å². The monoisotopic (exact) mass is 247 g/mol. The summed E-state index contributed by atoms with van der Waals surface area (Å²) in [6.07, 6.45) is -2.72. The van der Waals surface area contributed by atoms with Gasteiger partial charge in [-0.2, -0.15) is 13.2 Å². The van der Waals surface area contributed by atoms with Gasteiger partial charge in [0.05, 0.1) is 12.3 Å². The average molecular weight is 247 g/mol. The summed E-state index contributed by atoms with van der Waals surface area (Å²) < 4.78 is 56.7. The van der Waals surface area contributed by atoms with Crippen LogP contribution in [0.15, 0.2) is 0 Å². The quantitative estimate of drug-likeness (QED) is 0.767. The summed E-state index contributed by atoms with van der Waals surface area (Å²) in [7, 11) is -3.02. The largest absolute Gasteiger partial charge is 0.401 e. The molecule has 0 heterocycles. The highest BCUT2D eigenvalue weighted by molar-refractivity contribution is 7.90. The molecular weight excluding hydrogens is 231 g/mol. The van der Waals surface area contributed by atoms with Gasteiger partial charge in [0, 0.05) is 6.26 Å². The van der Waals surface area contributed by atoms with Crippen LogP contribution in [0.3, 0.4) is 0 Å². The highest BCUT2D eigenvalue weighted by Crippen LogP contribution is 2.12. The van der Waals surface area contributed by atoms with Crippen LogP contribution >= 0.6 is 0 Å². The molecule has 0 aliphatic carbocycles. The minimum absolute atomic E-state index is 0.0157. The zero-order valence-electron chi connectivity index (χ0n) is 8.76. The second-order valence-electron chi connectivity index (χ2n) is 3.77. The van der Waals surface area contributed by atoms with Crippen LogP contribution in [0, 0.1) is 5.92 Å². The van der Waals surface area contributed by atoms with E-state index in [0.717, 1.165) is 6.26 Å². The van der Waals surface area contributed by atoms with Crippen molar-refractivity contribution in [3.05, 3.63) is 0 Å². The fourth-order valence-electron chi connectivity index (χ4n) is 0.978. The lowest BCUT2D eigenvalue weighted by Gasteiger charge is -2.13. The zero-order valence-corrected chi connectivity index (χ0v) is 9.58. The molecule has 0 saturated carbocycles. The van der Waals surface area contributed by atoms with Gasteiger partial charge in [-0.3, -0.25) is 0 Å². The first-order valence-electron chi connectivity index (χ1n) is 4.55. The van der Waals surface area contributed by atoms with E-state index in [1.165, 1.54) is 0 Å². The number of halogens is 3. The van der Waals surface area contributed by atoms with E-state index in [0.29, 0.717) is 6.42 Å². The van der Waals surface area contributed by atoms with Gasteiger partial charge in [-0.15, -0.1) is 0 Å². The fraction of sp³-hybridized carbons (Fsp3) is 1.00. The van der Waals surface area contributed by atoms with Gasteiger partial charge in [-0.25, -0.2) is 8.42 Å². The smallest absolute Gasteiger partial charge is 0.308 e. The molecule has 0 aromatic rings. The van der Waals surface area contributed by atoms with Gasteiger partial charge < -0.3 is 5.32 Å². The van der Waals surface area contributed by atoms with Crippen LogP contribution in [-0.4, -0.2) is 39.7 Å². The van der Waals surface area contributed by atoms with Gasteiger partial charge in [0.2, 0.25) is 0 Å². The number of hydrogen-bond acceptors (Lipinski definition) is 3. The Labute approximate surface area is 88.0 Å². The topological polar surface area (TPSA) is 46.2 Å². The lowest BCUT2D eigenvalue weighted by Crippen LogP contribution is -2.32. The molecule has 0 bridgehead atoms. The molecule has 0 aromatic carbocycles. The Bertz CT molecular complexity index is 274. The van der Waals surface area contributed by atoms with Crippen molar-refractivity contribution < 1.29 is 21.6 Å². The Kier molecular flexibility index (Phi) is 5.58. The number of nitrogens with one attached hydrogen (secondary N) is 1. The third-order valence-electron chi connectivity index (χ3n) is 1.80. The maximum Gasteiger partial charge on any atom is 0.401 e. The first-order valence-corrected chi connectivity index (χ1v) is 6.61. The van der Waals surface area contributed by atoms with Crippen molar-refractivity contribution in [3.63, 3.8) is 0 Å². The van der Waals surface area contributed by atoms with Gasteiger partial charge in [0.15, 0.2) is 0 Å². The third kappa shape index (κ3) is 11.6. The summed E-state index contributed by atoms with van der Waals surface area (Å²) in [6, 6.07) is 0. The van der Waals surface area contributed by atoms with Crippen molar-refractivity contribution in [3.8, 4) is 0 Å². The molecule has 0 aliphatic rings. The van der Waals surface area contributed by atoms with Gasteiger partial charge in [-0.05, 0) is 18.9 Å². The molecule has 15 heavy (non-hydrogen) atoms. The van der Waals surface area contributed by atoms with Crippen LogP contribution in [0.4, 0.5) is 13.2 Å². The zero-order chi connectivity index (χ0) is 12.1. The molecule has 7 heteroatoms. The van der Waals surface area contributed by atoms with Gasteiger partial charge in [-0.1, -0.05) is 6.92 Å². The van der Waals surface area contributed by atoms with E-state index in [4.69, 9.17) is 0 Å². The Balaban J connectivity index is 3.63. The van der Waals surface area contributed by atoms with Crippen LogP contribution < -0.4 is 5.32 Å². The lowest BCUT2D eigenvalue weighted by atomic mass is 10.1. The highest BCUT2D eigenvalue weighted by Gasteiger charge is 2.26. The molecule has 0 aromatic heterocycles. The SMILES string of the molecule is CC(CCS(C)(=O)=O)CNCC(F)(F)F. The second-order valence-corrected chi connectivity index (χ2v) is 6.03. The van der Waals surface area contributed by atoms with Crippen molar-refractivity contribution in [2.75, 3.05) is 25.1 Å². The lowest BCUT2D eigenvalue weighted by molar-refractivity contribution is -0.125. The summed E-state index contributed by atoms with van der Waals surface area (Å²) in [6.45, 7) is 0.861. The maximum absolute atomic E-state index is 11.7. The molecule has 0 spiro atoms. The van der Waals surface area contributed by atoms with Gasteiger partial charge in [0.1, 0.15) is 9.84 Å². The molecule has 1 atom stereocenters. The fourth-order valence-corrected chi connectivity index (χ4v) is 1.81. The van der Waals surface area contributed by atoms with Gasteiger partial charge in [0.25, 0.3) is 0 Å². The molecule has 0 saturated heterocycles. The van der Waals surface area contributed by atoms with Gasteiger partial charge >= 0.3 is 6.18 Å². The van der Waals surface area contributed by atoms with Crippen molar-refractivity contribution in [2.45, 2.75) is 19.5 Å². The predicted molar refractivity (Wildman–Crippen MR) is 52.4 cm³/mol. The normalized spacial score (nSPS) is 15.3. The number of rotatable bonds is 6. The van der Waals surface area contributed by atoms with Crippen LogP contribution in [0.25, 0.3) is 0 Å². The van der Waals surface area contributed by atoms with Crippen LogP contribution in [-0.2, 0) is 9.84 Å². The van der Waals surface area contributed by atoms with E-state index >= 15 is 0 Å². The molecule has 1 N–H and O–H groups in total. The number of sulfone groups is 1. The summed E-state index contributed by atoms with van der Waals surface area (Å²) in [4.78, 5) is 0. The van der Waals surface area contributed by atoms with Crippen molar-refractivity contribution in [2.24, 2.45) is 5.92 Å². The summed E-state index contributed by atoms with van der Waals surface area (Å²) in [5, 5.41) is 2.24. The Hall–Kier alpha value is -0.300. The summed E-state index contributed by atoms with van der Waals surface area (Å²) in [5.41, 5.74) is 0. The number of alkyl halides is 3. The Morgan fingerprint density at radius 1 is 1.33 bits per heavy atom. The third-order valence-corrected chi connectivity index (χ3v) is 2.78. The average Bonchev–Trinajstić information content (AvgIpc) is 1.97. The van der Waals surface area contributed by atoms with E-state index in [9.17, 15) is 21.6 Å². The van der Waals surface area contributed by atoms with E-state index < -0.39 is 22.6 Å². The minimum Gasteiger partial charge on any atom is -0.308 e. The van der Waals surface area contributed by atoms with Crippen LogP contribution in [0.1, 0.15) is 13.3 Å². The van der Waals surface area contributed by atoms with Crippen LogP contribution in [0.5, 0.6) is 0 Å².